The molecule has 3 aromatic rings. The normalized spacial score (nSPS) is 15.3. The first-order valence-electron chi connectivity index (χ1n) is 12.1. The van der Waals surface area contributed by atoms with Crippen LogP contribution in [0.25, 0.3) is 17.2 Å². The molecular weight excluding hydrogens is 503 g/mol. The molecule has 0 aliphatic heterocycles. The molecule has 0 saturated carbocycles. The number of hydrogen-bond acceptors (Lipinski definition) is 0. The summed E-state index contributed by atoms with van der Waals surface area (Å²) in [5, 5.41) is 0. The Morgan fingerprint density at radius 2 is 1.29 bits per heavy atom. The molecule has 0 fully saturated rings. The standard InChI is InChI=1S/C32H32.2ClH.Ti/c1-4-5-6-7-8-19-27-24-16-10-9-15-23(24)22-30(27)32(2,3)31-28-20-13-11-17-25(28)26-18-12-14-21-29(26)31;;;/h1,9-18,20-22,27,31H,5-8,19H2,2-3H3;2*1H;/q;;;+2/p-2. The average Bonchev–Trinajstić information content (AvgIpc) is 3.36. The molecule has 0 bridgehead atoms. The number of rotatable bonds is 7. The van der Waals surface area contributed by atoms with Crippen molar-refractivity contribution in [3.8, 4) is 23.5 Å². The van der Waals surface area contributed by atoms with E-state index < -0.39 is 0 Å². The summed E-state index contributed by atoms with van der Waals surface area (Å²) in [6.07, 6.45) is 13.6. The van der Waals surface area contributed by atoms with Crippen molar-refractivity contribution in [2.75, 3.05) is 0 Å². The summed E-state index contributed by atoms with van der Waals surface area (Å²) in [5.41, 5.74) is 10.3. The van der Waals surface area contributed by atoms with Crippen LogP contribution in [-0.4, -0.2) is 0 Å². The molecule has 0 nitrogen and oxygen atoms in total. The van der Waals surface area contributed by atoms with E-state index in [-0.39, 0.29) is 51.9 Å². The summed E-state index contributed by atoms with van der Waals surface area (Å²) in [6.45, 7) is 4.94. The SMILES string of the molecule is C#CCCCCCC1C(C(C)(C)C2c3ccccc3-c3ccccc32)=Cc2ccccc21.[Cl-].[Cl-].[Ti+2]. The first-order valence-corrected chi connectivity index (χ1v) is 12.1. The Bertz CT molecular complexity index is 1170. The molecule has 178 valence electrons. The molecule has 2 aliphatic rings. The molecular formula is C32H32Cl2Ti. The van der Waals surface area contributed by atoms with Crippen LogP contribution in [0.3, 0.4) is 0 Å². The number of terminal acetylenes is 1. The second-order valence-electron chi connectivity index (χ2n) is 9.91. The van der Waals surface area contributed by atoms with Crippen LogP contribution >= 0.6 is 0 Å². The predicted molar refractivity (Wildman–Crippen MR) is 137 cm³/mol. The van der Waals surface area contributed by atoms with Gasteiger partial charge >= 0.3 is 21.7 Å². The van der Waals surface area contributed by atoms with E-state index in [0.29, 0.717) is 11.8 Å². The minimum atomic E-state index is 0. The molecule has 1 atom stereocenters. The first-order chi connectivity index (χ1) is 15.6. The van der Waals surface area contributed by atoms with Crippen LogP contribution in [-0.2, 0) is 21.7 Å². The van der Waals surface area contributed by atoms with Crippen molar-refractivity contribution in [3.63, 3.8) is 0 Å². The van der Waals surface area contributed by atoms with E-state index in [1.54, 1.807) is 5.57 Å². The van der Waals surface area contributed by atoms with Gasteiger partial charge in [-0.25, -0.2) is 0 Å². The summed E-state index contributed by atoms with van der Waals surface area (Å²) < 4.78 is 0. The average molecular weight is 535 g/mol. The van der Waals surface area contributed by atoms with Gasteiger partial charge in [0, 0.05) is 18.3 Å². The molecule has 3 heteroatoms. The minimum absolute atomic E-state index is 0. The molecule has 0 heterocycles. The molecule has 35 heavy (non-hydrogen) atoms. The summed E-state index contributed by atoms with van der Waals surface area (Å²) in [5.74, 6) is 3.66. The zero-order chi connectivity index (χ0) is 22.1. The smallest absolute Gasteiger partial charge is 1.00 e. The first kappa shape index (κ1) is 29.5. The third-order valence-corrected chi connectivity index (χ3v) is 7.67. The van der Waals surface area contributed by atoms with E-state index >= 15 is 0 Å². The van der Waals surface area contributed by atoms with Gasteiger partial charge in [-0.15, -0.1) is 12.3 Å². The van der Waals surface area contributed by atoms with Crippen molar-refractivity contribution >= 4 is 6.08 Å². The molecule has 1 unspecified atom stereocenters. The monoisotopic (exact) mass is 534 g/mol. The molecule has 3 aromatic carbocycles. The Morgan fingerprint density at radius 1 is 0.743 bits per heavy atom. The Hall–Kier alpha value is -1.75. The van der Waals surface area contributed by atoms with Crippen LogP contribution in [0, 0.1) is 17.8 Å². The zero-order valence-electron chi connectivity index (χ0n) is 20.5. The van der Waals surface area contributed by atoms with Crippen LogP contribution in [0.1, 0.15) is 80.0 Å². The third-order valence-electron chi connectivity index (χ3n) is 7.67. The Kier molecular flexibility index (Phi) is 10.5. The second kappa shape index (κ2) is 12.5. The summed E-state index contributed by atoms with van der Waals surface area (Å²) in [4.78, 5) is 0. The van der Waals surface area contributed by atoms with Crippen molar-refractivity contribution in [1.82, 2.24) is 0 Å². The van der Waals surface area contributed by atoms with Crippen LogP contribution < -0.4 is 24.8 Å². The van der Waals surface area contributed by atoms with Gasteiger partial charge in [-0.2, -0.15) is 0 Å². The van der Waals surface area contributed by atoms with Gasteiger partial charge in [0.2, 0.25) is 0 Å². The third kappa shape index (κ3) is 5.35. The van der Waals surface area contributed by atoms with E-state index in [1.165, 1.54) is 52.6 Å². The van der Waals surface area contributed by atoms with Gasteiger partial charge in [0.05, 0.1) is 0 Å². The molecule has 0 radical (unpaired) electrons. The molecule has 5 rings (SSSR count). The van der Waals surface area contributed by atoms with Gasteiger partial charge in [0.15, 0.2) is 0 Å². The van der Waals surface area contributed by atoms with Crippen molar-refractivity contribution in [2.45, 2.75) is 57.8 Å². The van der Waals surface area contributed by atoms with Crippen molar-refractivity contribution in [2.24, 2.45) is 5.41 Å². The Labute approximate surface area is 238 Å². The molecule has 2 aliphatic carbocycles. The maximum Gasteiger partial charge on any atom is 2.00 e. The van der Waals surface area contributed by atoms with Gasteiger partial charge in [-0.3, -0.25) is 0 Å². The van der Waals surface area contributed by atoms with E-state index in [9.17, 15) is 0 Å². The molecule has 0 N–H and O–H groups in total. The maximum atomic E-state index is 5.46. The number of benzene rings is 3. The van der Waals surface area contributed by atoms with E-state index in [0.717, 1.165) is 12.8 Å². The molecule has 0 aromatic heterocycles. The minimum Gasteiger partial charge on any atom is -1.00 e. The van der Waals surface area contributed by atoms with Crippen LogP contribution in [0.5, 0.6) is 0 Å². The molecule has 0 amide bonds. The van der Waals surface area contributed by atoms with E-state index in [4.69, 9.17) is 6.42 Å². The predicted octanol–water partition coefficient (Wildman–Crippen LogP) is 2.60. The molecule has 0 spiro atoms. The number of halogens is 2. The van der Waals surface area contributed by atoms with E-state index in [1.807, 2.05) is 0 Å². The van der Waals surface area contributed by atoms with Crippen LogP contribution in [0.2, 0.25) is 0 Å². The topological polar surface area (TPSA) is 0 Å². The van der Waals surface area contributed by atoms with Gasteiger partial charge in [0.25, 0.3) is 0 Å². The Morgan fingerprint density at radius 3 is 1.89 bits per heavy atom. The second-order valence-corrected chi connectivity index (χ2v) is 9.91. The fourth-order valence-electron chi connectivity index (χ4n) is 6.19. The quantitative estimate of drug-likeness (QED) is 0.248. The van der Waals surface area contributed by atoms with Gasteiger partial charge in [-0.1, -0.05) is 111 Å². The number of unbranched alkanes of at least 4 members (excludes halogenated alkanes) is 3. The number of fused-ring (bicyclic) bond motifs is 4. The largest absolute Gasteiger partial charge is 2.00 e. The van der Waals surface area contributed by atoms with Gasteiger partial charge < -0.3 is 24.8 Å². The summed E-state index contributed by atoms with van der Waals surface area (Å²) in [6, 6.07) is 27.1. The van der Waals surface area contributed by atoms with Crippen molar-refractivity contribution in [1.29, 1.82) is 0 Å². The number of hydrogen-bond donors (Lipinski definition) is 0. The van der Waals surface area contributed by atoms with Crippen molar-refractivity contribution < 1.29 is 46.5 Å². The van der Waals surface area contributed by atoms with Gasteiger partial charge in [0.1, 0.15) is 0 Å². The molecule has 0 saturated heterocycles. The van der Waals surface area contributed by atoms with Crippen LogP contribution in [0.4, 0.5) is 0 Å². The zero-order valence-corrected chi connectivity index (χ0v) is 23.6. The maximum absolute atomic E-state index is 5.46. The fraction of sp³-hybridized carbons (Fsp3) is 0.312. The van der Waals surface area contributed by atoms with Gasteiger partial charge in [-0.05, 0) is 51.6 Å². The van der Waals surface area contributed by atoms with Crippen LogP contribution in [0.15, 0.2) is 78.4 Å². The number of allylic oxidation sites excluding steroid dienone is 1. The summed E-state index contributed by atoms with van der Waals surface area (Å²) in [7, 11) is 0. The summed E-state index contributed by atoms with van der Waals surface area (Å²) >= 11 is 0. The van der Waals surface area contributed by atoms with E-state index in [2.05, 4.69) is 98.6 Å². The fourth-order valence-corrected chi connectivity index (χ4v) is 6.19. The Balaban J connectivity index is 0.00000144. The van der Waals surface area contributed by atoms with Crippen molar-refractivity contribution in [3.05, 3.63) is 101 Å².